The van der Waals surface area contributed by atoms with Gasteiger partial charge in [-0.15, -0.1) is 6.58 Å². The average molecular weight is 529 g/mol. The lowest BCUT2D eigenvalue weighted by molar-refractivity contribution is 0.0319. The van der Waals surface area contributed by atoms with Gasteiger partial charge in [-0.05, 0) is 98.7 Å². The number of carbonyl (C=O) groups is 2. The largest absolute Gasteiger partial charge is 0.494 e. The van der Waals surface area contributed by atoms with Crippen LogP contribution in [0.1, 0.15) is 85.9 Å². The summed E-state index contributed by atoms with van der Waals surface area (Å²) in [5.74, 6) is 0.384. The minimum Gasteiger partial charge on any atom is -0.494 e. The summed E-state index contributed by atoms with van der Waals surface area (Å²) in [6.07, 6.45) is 10.3. The van der Waals surface area contributed by atoms with Gasteiger partial charge in [0.1, 0.15) is 11.5 Å². The van der Waals surface area contributed by atoms with Gasteiger partial charge in [-0.25, -0.2) is 9.59 Å². The quantitative estimate of drug-likeness (QED) is 0.0804. The second-order valence-corrected chi connectivity index (χ2v) is 9.71. The van der Waals surface area contributed by atoms with Crippen LogP contribution in [0.25, 0.3) is 11.1 Å². The van der Waals surface area contributed by atoms with Crippen LogP contribution in [0.2, 0.25) is 0 Å². The van der Waals surface area contributed by atoms with Crippen molar-refractivity contribution >= 4 is 11.9 Å². The highest BCUT2D eigenvalue weighted by Crippen LogP contribution is 2.24. The van der Waals surface area contributed by atoms with Gasteiger partial charge < -0.3 is 14.2 Å². The van der Waals surface area contributed by atoms with Crippen molar-refractivity contribution in [2.75, 3.05) is 6.61 Å². The second-order valence-electron chi connectivity index (χ2n) is 9.71. The van der Waals surface area contributed by atoms with E-state index in [0.717, 1.165) is 55.4 Å². The van der Waals surface area contributed by atoms with Crippen molar-refractivity contribution in [2.45, 2.75) is 71.3 Å². The van der Waals surface area contributed by atoms with E-state index in [1.54, 1.807) is 36.4 Å². The van der Waals surface area contributed by atoms with E-state index in [1.165, 1.54) is 12.8 Å². The first-order valence-corrected chi connectivity index (χ1v) is 14.0. The van der Waals surface area contributed by atoms with Crippen molar-refractivity contribution in [3.05, 3.63) is 96.6 Å². The van der Waals surface area contributed by atoms with Crippen LogP contribution in [0.5, 0.6) is 11.5 Å². The fourth-order valence-corrected chi connectivity index (χ4v) is 4.12. The molecule has 0 fully saturated rings. The lowest BCUT2D eigenvalue weighted by atomic mass is 10.0. The molecule has 0 aromatic heterocycles. The van der Waals surface area contributed by atoms with Crippen molar-refractivity contribution in [3.8, 4) is 22.6 Å². The molecule has 0 heterocycles. The average Bonchev–Trinajstić information content (AvgIpc) is 2.96. The van der Waals surface area contributed by atoms with Crippen LogP contribution in [-0.4, -0.2) is 24.6 Å². The van der Waals surface area contributed by atoms with Crippen LogP contribution in [0.4, 0.5) is 0 Å². The fraction of sp³-hybridized carbons (Fsp3) is 0.353. The molecular weight excluding hydrogens is 488 g/mol. The number of carbonyl (C=O) groups excluding carboxylic acids is 2. The summed E-state index contributed by atoms with van der Waals surface area (Å²) in [6, 6.07) is 21.7. The first-order valence-electron chi connectivity index (χ1n) is 14.0. The summed E-state index contributed by atoms with van der Waals surface area (Å²) in [5.41, 5.74) is 2.90. The highest BCUT2D eigenvalue weighted by Gasteiger charge is 2.14. The van der Waals surface area contributed by atoms with Gasteiger partial charge in [-0.3, -0.25) is 0 Å². The molecule has 0 amide bonds. The number of allylic oxidation sites excluding steroid dienone is 1. The Morgan fingerprint density at radius 2 is 1.33 bits per heavy atom. The van der Waals surface area contributed by atoms with Gasteiger partial charge in [-0.2, -0.15) is 0 Å². The normalized spacial score (nSPS) is 11.4. The van der Waals surface area contributed by atoms with Crippen molar-refractivity contribution in [1.29, 1.82) is 0 Å². The topological polar surface area (TPSA) is 61.8 Å². The minimum atomic E-state index is -0.460. The van der Waals surface area contributed by atoms with Gasteiger partial charge in [0.25, 0.3) is 0 Å². The van der Waals surface area contributed by atoms with Crippen LogP contribution < -0.4 is 9.47 Å². The van der Waals surface area contributed by atoms with Gasteiger partial charge >= 0.3 is 11.9 Å². The smallest absolute Gasteiger partial charge is 0.343 e. The molecule has 0 saturated carbocycles. The van der Waals surface area contributed by atoms with E-state index in [1.807, 2.05) is 49.4 Å². The molecule has 0 spiro atoms. The molecular formula is C34H40O5. The molecule has 5 nitrogen and oxygen atoms in total. The predicted molar refractivity (Wildman–Crippen MR) is 156 cm³/mol. The molecule has 0 bridgehead atoms. The summed E-state index contributed by atoms with van der Waals surface area (Å²) in [5, 5.41) is 0. The predicted octanol–water partition coefficient (Wildman–Crippen LogP) is 8.82. The summed E-state index contributed by atoms with van der Waals surface area (Å²) in [7, 11) is 0. The summed E-state index contributed by atoms with van der Waals surface area (Å²) < 4.78 is 16.8. The Bertz CT molecular complexity index is 1160. The first-order chi connectivity index (χ1) is 19.0. The highest BCUT2D eigenvalue weighted by molar-refractivity contribution is 5.92. The zero-order valence-corrected chi connectivity index (χ0v) is 23.2. The Morgan fingerprint density at radius 1 is 0.744 bits per heavy atom. The van der Waals surface area contributed by atoms with Crippen LogP contribution in [0.3, 0.4) is 0 Å². The third kappa shape index (κ3) is 10.1. The Balaban J connectivity index is 1.48. The fourth-order valence-electron chi connectivity index (χ4n) is 4.12. The molecule has 0 aliphatic heterocycles. The zero-order chi connectivity index (χ0) is 27.9. The number of hydrogen-bond acceptors (Lipinski definition) is 5. The van der Waals surface area contributed by atoms with E-state index < -0.39 is 5.97 Å². The van der Waals surface area contributed by atoms with E-state index in [9.17, 15) is 9.59 Å². The number of unbranched alkanes of at least 4 members (excludes halogenated alkanes) is 5. The molecule has 3 aromatic rings. The minimum absolute atomic E-state index is 0.126. The molecule has 0 unspecified atom stereocenters. The number of benzene rings is 3. The molecule has 1 atom stereocenters. The number of ether oxygens (including phenoxy) is 3. The van der Waals surface area contributed by atoms with Gasteiger partial charge in [0.2, 0.25) is 0 Å². The van der Waals surface area contributed by atoms with Crippen LogP contribution in [0, 0.1) is 0 Å². The lowest BCUT2D eigenvalue weighted by Crippen LogP contribution is -2.15. The summed E-state index contributed by atoms with van der Waals surface area (Å²) in [6.45, 7) is 8.51. The highest BCUT2D eigenvalue weighted by atomic mass is 16.5. The molecule has 0 N–H and O–H groups in total. The van der Waals surface area contributed by atoms with E-state index in [0.29, 0.717) is 23.5 Å². The van der Waals surface area contributed by atoms with Crippen molar-refractivity contribution in [1.82, 2.24) is 0 Å². The molecule has 3 aromatic carbocycles. The maximum atomic E-state index is 12.6. The Labute approximate surface area is 232 Å². The maximum Gasteiger partial charge on any atom is 0.343 e. The van der Waals surface area contributed by atoms with Gasteiger partial charge in [-0.1, -0.05) is 56.5 Å². The van der Waals surface area contributed by atoms with E-state index in [4.69, 9.17) is 14.2 Å². The van der Waals surface area contributed by atoms with Gasteiger partial charge in [0, 0.05) is 0 Å². The molecule has 39 heavy (non-hydrogen) atoms. The van der Waals surface area contributed by atoms with Crippen molar-refractivity contribution < 1.29 is 23.8 Å². The van der Waals surface area contributed by atoms with Gasteiger partial charge in [0.05, 0.1) is 23.8 Å². The van der Waals surface area contributed by atoms with Gasteiger partial charge in [0.15, 0.2) is 0 Å². The molecule has 0 radical (unpaired) electrons. The number of rotatable bonds is 16. The van der Waals surface area contributed by atoms with Crippen LogP contribution in [-0.2, 0) is 4.74 Å². The molecule has 0 aliphatic rings. The third-order valence-electron chi connectivity index (χ3n) is 6.45. The summed E-state index contributed by atoms with van der Waals surface area (Å²) >= 11 is 0. The van der Waals surface area contributed by atoms with Crippen molar-refractivity contribution in [2.24, 2.45) is 0 Å². The standard InChI is InChI=1S/C34H40O5/c1-4-6-8-10-12-26(3)38-33(35)30-19-23-32(24-20-30)39-34(36)29-15-13-27(14-16-29)28-17-21-31(22-18-28)37-25-11-9-7-5-2/h5,13-24,26H,2,4,6-12,25H2,1,3H3/t26-/m0/s1. The Kier molecular flexibility index (Phi) is 12.3. The number of hydrogen-bond donors (Lipinski definition) is 0. The van der Waals surface area contributed by atoms with Crippen molar-refractivity contribution in [3.63, 3.8) is 0 Å². The number of esters is 2. The summed E-state index contributed by atoms with van der Waals surface area (Å²) in [4.78, 5) is 25.1. The molecule has 0 saturated heterocycles. The lowest BCUT2D eigenvalue weighted by Gasteiger charge is -2.13. The molecule has 5 heteroatoms. The second kappa shape index (κ2) is 16.2. The monoisotopic (exact) mass is 528 g/mol. The van der Waals surface area contributed by atoms with E-state index in [2.05, 4.69) is 13.5 Å². The zero-order valence-electron chi connectivity index (χ0n) is 23.2. The Hall–Kier alpha value is -3.86. The van der Waals surface area contributed by atoms with E-state index in [-0.39, 0.29) is 12.1 Å². The molecule has 3 rings (SSSR count). The first kappa shape index (κ1) is 29.7. The molecule has 206 valence electrons. The Morgan fingerprint density at radius 3 is 1.97 bits per heavy atom. The van der Waals surface area contributed by atoms with Crippen LogP contribution in [0.15, 0.2) is 85.5 Å². The van der Waals surface area contributed by atoms with Crippen LogP contribution >= 0.6 is 0 Å². The maximum absolute atomic E-state index is 12.6. The van der Waals surface area contributed by atoms with E-state index >= 15 is 0 Å². The third-order valence-corrected chi connectivity index (χ3v) is 6.45. The molecule has 0 aliphatic carbocycles. The SMILES string of the molecule is C=CCCCCOc1ccc(-c2ccc(C(=O)Oc3ccc(C(=O)O[C@@H](C)CCCCCC)cc3)cc2)cc1.